The maximum absolute atomic E-state index is 13.1. The maximum atomic E-state index is 13.1. The summed E-state index contributed by atoms with van der Waals surface area (Å²) in [5, 5.41) is 2.77. The van der Waals surface area contributed by atoms with Gasteiger partial charge in [0.25, 0.3) is 11.8 Å². The van der Waals surface area contributed by atoms with Crippen molar-refractivity contribution in [1.82, 2.24) is 15.1 Å². The maximum Gasteiger partial charge on any atom is 0.261 e. The lowest BCUT2D eigenvalue weighted by Crippen LogP contribution is -2.47. The zero-order chi connectivity index (χ0) is 23.3. The van der Waals surface area contributed by atoms with Crippen LogP contribution in [-0.4, -0.2) is 52.6 Å². The van der Waals surface area contributed by atoms with Gasteiger partial charge in [-0.15, -0.1) is 0 Å². The van der Waals surface area contributed by atoms with Crippen molar-refractivity contribution >= 4 is 23.6 Å². The highest BCUT2D eigenvalue weighted by atomic mass is 16.2. The highest BCUT2D eigenvalue weighted by molar-refractivity contribution is 6.21. The predicted molar refractivity (Wildman–Crippen MR) is 121 cm³/mol. The molecule has 2 aromatic rings. The molecule has 4 amide bonds. The number of amides is 4. The molecule has 2 aromatic carbocycles. The molecule has 7 heteroatoms. The summed E-state index contributed by atoms with van der Waals surface area (Å²) in [4.78, 5) is 53.4. The fourth-order valence-corrected chi connectivity index (χ4v) is 3.85. The van der Waals surface area contributed by atoms with Crippen molar-refractivity contribution in [2.24, 2.45) is 0 Å². The molecule has 1 atom stereocenters. The third-order valence-electron chi connectivity index (χ3n) is 5.77. The number of rotatable bonds is 9. The summed E-state index contributed by atoms with van der Waals surface area (Å²) in [6, 6.07) is 13.8. The lowest BCUT2D eigenvalue weighted by molar-refractivity contribution is -0.140. The molecule has 0 aromatic heterocycles. The summed E-state index contributed by atoms with van der Waals surface area (Å²) in [7, 11) is 0. The Balaban J connectivity index is 1.67. The van der Waals surface area contributed by atoms with E-state index in [4.69, 9.17) is 0 Å². The highest BCUT2D eigenvalue weighted by Crippen LogP contribution is 2.23. The second-order valence-corrected chi connectivity index (χ2v) is 7.93. The SMILES string of the molecule is CCNC(=O)C(C)N(Cc1ccccc1C)C(=O)CCCN1C(=O)c2ccccc2C1=O. The van der Waals surface area contributed by atoms with E-state index in [9.17, 15) is 19.2 Å². The summed E-state index contributed by atoms with van der Waals surface area (Å²) < 4.78 is 0. The van der Waals surface area contributed by atoms with Gasteiger partial charge in [0.2, 0.25) is 11.8 Å². The average Bonchev–Trinajstić information content (AvgIpc) is 3.03. The van der Waals surface area contributed by atoms with E-state index in [2.05, 4.69) is 5.32 Å². The topological polar surface area (TPSA) is 86.8 Å². The Morgan fingerprint density at radius 3 is 2.19 bits per heavy atom. The van der Waals surface area contributed by atoms with Crippen molar-refractivity contribution in [2.75, 3.05) is 13.1 Å². The highest BCUT2D eigenvalue weighted by Gasteiger charge is 2.35. The fourth-order valence-electron chi connectivity index (χ4n) is 3.85. The summed E-state index contributed by atoms with van der Waals surface area (Å²) >= 11 is 0. The van der Waals surface area contributed by atoms with Gasteiger partial charge in [-0.3, -0.25) is 24.1 Å². The number of hydrogen-bond acceptors (Lipinski definition) is 4. The molecule has 3 rings (SSSR count). The second-order valence-electron chi connectivity index (χ2n) is 7.93. The van der Waals surface area contributed by atoms with Crippen LogP contribution in [-0.2, 0) is 16.1 Å². The quantitative estimate of drug-likeness (QED) is 0.614. The molecule has 1 aliphatic heterocycles. The van der Waals surface area contributed by atoms with Gasteiger partial charge in [0.1, 0.15) is 6.04 Å². The molecule has 1 aliphatic rings. The summed E-state index contributed by atoms with van der Waals surface area (Å²) in [6.45, 7) is 6.47. The molecule has 0 radical (unpaired) electrons. The number of fused-ring (bicyclic) bond motifs is 1. The van der Waals surface area contributed by atoms with Crippen LogP contribution < -0.4 is 5.32 Å². The standard InChI is InChI=1S/C25H29N3O4/c1-4-26-23(30)18(3)28(16-19-11-6-5-10-17(19)2)22(29)14-9-15-27-24(31)20-12-7-8-13-21(20)25(27)32/h5-8,10-13,18H,4,9,14-16H2,1-3H3,(H,26,30). The van der Waals surface area contributed by atoms with E-state index < -0.39 is 6.04 Å². The van der Waals surface area contributed by atoms with Gasteiger partial charge in [-0.25, -0.2) is 0 Å². The predicted octanol–water partition coefficient (Wildman–Crippen LogP) is 2.92. The second kappa shape index (κ2) is 10.2. The Hall–Kier alpha value is -3.48. The molecular weight excluding hydrogens is 406 g/mol. The first kappa shape index (κ1) is 23.2. The van der Waals surface area contributed by atoms with Crippen molar-refractivity contribution in [3.63, 3.8) is 0 Å². The molecule has 32 heavy (non-hydrogen) atoms. The van der Waals surface area contributed by atoms with Gasteiger partial charge in [0.15, 0.2) is 0 Å². The van der Waals surface area contributed by atoms with E-state index in [0.29, 0.717) is 30.6 Å². The molecule has 0 saturated heterocycles. The molecule has 0 spiro atoms. The average molecular weight is 436 g/mol. The lowest BCUT2D eigenvalue weighted by Gasteiger charge is -2.29. The van der Waals surface area contributed by atoms with Crippen LogP contribution in [0.15, 0.2) is 48.5 Å². The van der Waals surface area contributed by atoms with Gasteiger partial charge in [0.05, 0.1) is 11.1 Å². The van der Waals surface area contributed by atoms with Crippen LogP contribution in [0.1, 0.15) is 58.5 Å². The minimum absolute atomic E-state index is 0.128. The van der Waals surface area contributed by atoms with Gasteiger partial charge in [-0.1, -0.05) is 36.4 Å². The Kier molecular flexibility index (Phi) is 7.41. The van der Waals surface area contributed by atoms with Crippen LogP contribution in [0.5, 0.6) is 0 Å². The number of imide groups is 1. The number of likely N-dealkylation sites (N-methyl/N-ethyl adjacent to an activating group) is 1. The van der Waals surface area contributed by atoms with Crippen LogP contribution in [0.3, 0.4) is 0 Å². The minimum Gasteiger partial charge on any atom is -0.355 e. The number of nitrogens with one attached hydrogen (secondary N) is 1. The van der Waals surface area contributed by atoms with Crippen molar-refractivity contribution in [2.45, 2.75) is 46.2 Å². The minimum atomic E-state index is -0.638. The van der Waals surface area contributed by atoms with Gasteiger partial charge >= 0.3 is 0 Å². The molecule has 0 aliphatic carbocycles. The first-order valence-electron chi connectivity index (χ1n) is 10.9. The van der Waals surface area contributed by atoms with E-state index in [1.54, 1.807) is 36.1 Å². The van der Waals surface area contributed by atoms with Crippen molar-refractivity contribution < 1.29 is 19.2 Å². The third kappa shape index (κ3) is 4.88. The molecule has 1 unspecified atom stereocenters. The normalized spacial score (nSPS) is 13.7. The number of carbonyl (C=O) groups is 4. The summed E-state index contributed by atoms with van der Waals surface area (Å²) in [5.41, 5.74) is 2.81. The monoisotopic (exact) mass is 435 g/mol. The van der Waals surface area contributed by atoms with E-state index in [-0.39, 0.29) is 36.6 Å². The molecule has 1 N–H and O–H groups in total. The lowest BCUT2D eigenvalue weighted by atomic mass is 10.1. The van der Waals surface area contributed by atoms with Gasteiger partial charge in [-0.2, -0.15) is 0 Å². The Morgan fingerprint density at radius 2 is 1.59 bits per heavy atom. The van der Waals surface area contributed by atoms with E-state index in [1.807, 2.05) is 38.1 Å². The molecule has 0 bridgehead atoms. The largest absolute Gasteiger partial charge is 0.355 e. The molecule has 0 saturated carbocycles. The Morgan fingerprint density at radius 1 is 1.00 bits per heavy atom. The number of carbonyl (C=O) groups excluding carboxylic acids is 4. The molecule has 168 valence electrons. The molecule has 7 nitrogen and oxygen atoms in total. The van der Waals surface area contributed by atoms with Crippen molar-refractivity contribution in [3.8, 4) is 0 Å². The third-order valence-corrected chi connectivity index (χ3v) is 5.77. The van der Waals surface area contributed by atoms with Crippen LogP contribution in [0.4, 0.5) is 0 Å². The van der Waals surface area contributed by atoms with E-state index >= 15 is 0 Å². The zero-order valence-corrected chi connectivity index (χ0v) is 18.8. The van der Waals surface area contributed by atoms with Crippen LogP contribution >= 0.6 is 0 Å². The van der Waals surface area contributed by atoms with Gasteiger partial charge < -0.3 is 10.2 Å². The van der Waals surface area contributed by atoms with E-state index in [1.165, 1.54) is 4.90 Å². The smallest absolute Gasteiger partial charge is 0.261 e. The van der Waals surface area contributed by atoms with Crippen molar-refractivity contribution in [1.29, 1.82) is 0 Å². The first-order valence-corrected chi connectivity index (χ1v) is 10.9. The Labute approximate surface area is 188 Å². The van der Waals surface area contributed by atoms with Crippen molar-refractivity contribution in [3.05, 3.63) is 70.8 Å². The molecule has 0 fully saturated rings. The van der Waals surface area contributed by atoms with Gasteiger partial charge in [0, 0.05) is 26.1 Å². The number of hydrogen-bond donors (Lipinski definition) is 1. The molecule has 1 heterocycles. The van der Waals surface area contributed by atoms with Crippen LogP contribution in [0.2, 0.25) is 0 Å². The molecular formula is C25H29N3O4. The Bertz CT molecular complexity index is 998. The number of benzene rings is 2. The van der Waals surface area contributed by atoms with Gasteiger partial charge in [-0.05, 0) is 50.5 Å². The summed E-state index contributed by atoms with van der Waals surface area (Å²) in [5.74, 6) is -1.06. The van der Waals surface area contributed by atoms with E-state index in [0.717, 1.165) is 11.1 Å². The first-order chi connectivity index (χ1) is 15.3. The number of aryl methyl sites for hydroxylation is 1. The number of nitrogens with zero attached hydrogens (tertiary/aromatic N) is 2. The summed E-state index contributed by atoms with van der Waals surface area (Å²) in [6.07, 6.45) is 0.458. The zero-order valence-electron chi connectivity index (χ0n) is 18.8. The van der Waals surface area contributed by atoms with Crippen LogP contribution in [0.25, 0.3) is 0 Å². The van der Waals surface area contributed by atoms with Crippen LogP contribution in [0, 0.1) is 6.92 Å². The fraction of sp³-hybridized carbons (Fsp3) is 0.360.